The minimum atomic E-state index is -3.97. The van der Waals surface area contributed by atoms with Crippen LogP contribution < -0.4 is 10.5 Å². The van der Waals surface area contributed by atoms with Crippen LogP contribution in [-0.4, -0.2) is 25.6 Å². The predicted molar refractivity (Wildman–Crippen MR) is 105 cm³/mol. The van der Waals surface area contributed by atoms with Crippen LogP contribution in [0.25, 0.3) is 0 Å². The third-order valence-corrected chi connectivity index (χ3v) is 4.85. The molecule has 0 saturated carbocycles. The Morgan fingerprint density at radius 3 is 2.32 bits per heavy atom. The van der Waals surface area contributed by atoms with E-state index in [1.54, 1.807) is 11.8 Å². The van der Waals surface area contributed by atoms with Crippen molar-refractivity contribution >= 4 is 58.0 Å². The van der Waals surface area contributed by atoms with E-state index in [1.807, 2.05) is 30.3 Å². The molecule has 3 N–H and O–H groups in total. The maximum atomic E-state index is 11.3. The van der Waals surface area contributed by atoms with E-state index < -0.39 is 14.9 Å². The first-order valence-corrected chi connectivity index (χ1v) is 9.14. The molecule has 0 aliphatic carbocycles. The minimum absolute atomic E-state index is 0. The van der Waals surface area contributed by atoms with Crippen LogP contribution in [0.2, 0.25) is 0 Å². The van der Waals surface area contributed by atoms with Crippen molar-refractivity contribution in [1.29, 1.82) is 0 Å². The molecule has 0 fully saturated rings. The number of rotatable bonds is 7. The molecule has 0 unspecified atom stereocenters. The second kappa shape index (κ2) is 10.5. The molecule has 2 rings (SSSR count). The number of thioether (sulfide) groups is 1. The van der Waals surface area contributed by atoms with Gasteiger partial charge in [0.25, 0.3) is 5.69 Å². The molecular formula is C14H17Cl2N3O4S2. The second-order valence-electron chi connectivity index (χ2n) is 4.57. The first-order chi connectivity index (χ1) is 10.9. The molecule has 0 amide bonds. The van der Waals surface area contributed by atoms with Gasteiger partial charge < -0.3 is 5.32 Å². The average molecular weight is 426 g/mol. The normalized spacial score (nSPS) is 10.3. The fourth-order valence-electron chi connectivity index (χ4n) is 1.86. The van der Waals surface area contributed by atoms with E-state index in [2.05, 4.69) is 5.32 Å². The van der Waals surface area contributed by atoms with Crippen molar-refractivity contribution in [2.75, 3.05) is 17.6 Å². The number of nitro benzene ring substituents is 1. The summed E-state index contributed by atoms with van der Waals surface area (Å²) in [5, 5.41) is 19.0. The third kappa shape index (κ3) is 7.09. The molecule has 138 valence electrons. The van der Waals surface area contributed by atoms with Crippen LogP contribution in [0.5, 0.6) is 0 Å². The van der Waals surface area contributed by atoms with Crippen molar-refractivity contribution in [2.45, 2.75) is 9.79 Å². The van der Waals surface area contributed by atoms with E-state index in [1.165, 1.54) is 12.1 Å². The number of nitrogens with zero attached hydrogens (tertiary/aromatic N) is 1. The van der Waals surface area contributed by atoms with Crippen molar-refractivity contribution in [3.8, 4) is 0 Å². The molecule has 0 radical (unpaired) electrons. The fraction of sp³-hybridized carbons (Fsp3) is 0.143. The lowest BCUT2D eigenvalue weighted by atomic mass is 10.2. The van der Waals surface area contributed by atoms with Crippen molar-refractivity contribution in [1.82, 2.24) is 0 Å². The van der Waals surface area contributed by atoms with Crippen LogP contribution in [0.1, 0.15) is 0 Å². The van der Waals surface area contributed by atoms with Crippen LogP contribution in [0.15, 0.2) is 58.3 Å². The zero-order chi connectivity index (χ0) is 16.9. The number of hydrogen-bond donors (Lipinski definition) is 2. The van der Waals surface area contributed by atoms with Gasteiger partial charge in [-0.15, -0.1) is 36.6 Å². The maximum Gasteiger partial charge on any atom is 0.293 e. The maximum absolute atomic E-state index is 11.3. The number of anilines is 1. The summed E-state index contributed by atoms with van der Waals surface area (Å²) in [6.07, 6.45) is 0. The van der Waals surface area contributed by atoms with Crippen molar-refractivity contribution in [3.05, 3.63) is 58.6 Å². The predicted octanol–water partition coefficient (Wildman–Crippen LogP) is 3.29. The topological polar surface area (TPSA) is 115 Å². The van der Waals surface area contributed by atoms with Gasteiger partial charge in [-0.2, -0.15) is 0 Å². The van der Waals surface area contributed by atoms with Crippen LogP contribution in [0.4, 0.5) is 11.4 Å². The number of nitro groups is 1. The first kappa shape index (κ1) is 23.5. The molecule has 0 aliphatic rings. The van der Waals surface area contributed by atoms with Gasteiger partial charge in [-0.1, -0.05) is 18.2 Å². The Kier molecular flexibility index (Phi) is 9.83. The van der Waals surface area contributed by atoms with Crippen LogP contribution in [0, 0.1) is 10.1 Å². The molecule has 0 atom stereocenters. The highest BCUT2D eigenvalue weighted by Crippen LogP contribution is 2.27. The molecule has 0 aromatic heterocycles. The highest BCUT2D eigenvalue weighted by Gasteiger charge is 2.18. The SMILES string of the molecule is Cl.Cl.NS(=O)(=O)c1ccc(NCCSc2ccccc2)c([N+](=O)[O-])c1. The van der Waals surface area contributed by atoms with Crippen LogP contribution >= 0.6 is 36.6 Å². The standard InChI is InChI=1S/C14H15N3O4S2.2ClH/c15-23(20,21)12-6-7-13(14(10-12)17(18)19)16-8-9-22-11-4-2-1-3-5-11;;/h1-7,10,16H,8-9H2,(H2,15,20,21);2*1H. The summed E-state index contributed by atoms with van der Waals surface area (Å²) in [5.41, 5.74) is -0.0581. The summed E-state index contributed by atoms with van der Waals surface area (Å²) in [4.78, 5) is 11.3. The van der Waals surface area contributed by atoms with E-state index >= 15 is 0 Å². The van der Waals surface area contributed by atoms with Gasteiger partial charge in [0.15, 0.2) is 0 Å². The lowest BCUT2D eigenvalue weighted by Gasteiger charge is -2.08. The summed E-state index contributed by atoms with van der Waals surface area (Å²) < 4.78 is 22.5. The molecule has 7 nitrogen and oxygen atoms in total. The van der Waals surface area contributed by atoms with E-state index in [9.17, 15) is 18.5 Å². The second-order valence-corrected chi connectivity index (χ2v) is 7.30. The van der Waals surface area contributed by atoms with Crippen molar-refractivity contribution in [3.63, 3.8) is 0 Å². The summed E-state index contributed by atoms with van der Waals surface area (Å²) in [5.74, 6) is 0.706. The Labute approximate surface area is 162 Å². The fourth-order valence-corrected chi connectivity index (χ4v) is 3.18. The number of halogens is 2. The molecule has 0 spiro atoms. The van der Waals surface area contributed by atoms with E-state index in [0.29, 0.717) is 12.3 Å². The monoisotopic (exact) mass is 425 g/mol. The van der Waals surface area contributed by atoms with Gasteiger partial charge in [0.2, 0.25) is 10.0 Å². The van der Waals surface area contributed by atoms with Crippen LogP contribution in [-0.2, 0) is 10.0 Å². The third-order valence-electron chi connectivity index (χ3n) is 2.92. The van der Waals surface area contributed by atoms with Gasteiger partial charge in [-0.05, 0) is 24.3 Å². The smallest absolute Gasteiger partial charge is 0.293 e. The first-order valence-electron chi connectivity index (χ1n) is 6.61. The van der Waals surface area contributed by atoms with Crippen molar-refractivity contribution in [2.24, 2.45) is 5.14 Å². The number of primary sulfonamides is 1. The number of benzene rings is 2. The van der Waals surface area contributed by atoms with E-state index in [-0.39, 0.29) is 41.1 Å². The number of nitrogens with two attached hydrogens (primary N) is 1. The van der Waals surface area contributed by atoms with Gasteiger partial charge >= 0.3 is 0 Å². The number of hydrogen-bond acceptors (Lipinski definition) is 6. The van der Waals surface area contributed by atoms with Gasteiger partial charge in [0.05, 0.1) is 9.82 Å². The zero-order valence-electron chi connectivity index (χ0n) is 12.8. The Bertz CT molecular complexity index is 805. The summed E-state index contributed by atoms with van der Waals surface area (Å²) >= 11 is 1.61. The molecule has 0 saturated heterocycles. The Morgan fingerprint density at radius 2 is 1.76 bits per heavy atom. The minimum Gasteiger partial charge on any atom is -0.379 e. The zero-order valence-corrected chi connectivity index (χ0v) is 16.1. The molecule has 11 heteroatoms. The molecule has 25 heavy (non-hydrogen) atoms. The van der Waals surface area contributed by atoms with E-state index in [0.717, 1.165) is 11.0 Å². The van der Waals surface area contributed by atoms with Gasteiger partial charge in [0, 0.05) is 23.3 Å². The van der Waals surface area contributed by atoms with Gasteiger partial charge in [-0.25, -0.2) is 13.6 Å². The van der Waals surface area contributed by atoms with Crippen LogP contribution in [0.3, 0.4) is 0 Å². The molecular weight excluding hydrogens is 409 g/mol. The lowest BCUT2D eigenvalue weighted by molar-refractivity contribution is -0.384. The molecule has 0 bridgehead atoms. The summed E-state index contributed by atoms with van der Waals surface area (Å²) in [7, 11) is -3.97. The summed E-state index contributed by atoms with van der Waals surface area (Å²) in [6.45, 7) is 0.495. The largest absolute Gasteiger partial charge is 0.379 e. The Morgan fingerprint density at radius 1 is 1.12 bits per heavy atom. The molecule has 0 heterocycles. The lowest BCUT2D eigenvalue weighted by Crippen LogP contribution is -2.13. The highest BCUT2D eigenvalue weighted by atomic mass is 35.5. The number of sulfonamides is 1. The Balaban J connectivity index is 0.00000288. The summed E-state index contributed by atoms with van der Waals surface area (Å²) in [6, 6.07) is 13.3. The van der Waals surface area contributed by atoms with Gasteiger partial charge in [-0.3, -0.25) is 10.1 Å². The molecule has 2 aromatic carbocycles. The van der Waals surface area contributed by atoms with Crippen molar-refractivity contribution < 1.29 is 13.3 Å². The van der Waals surface area contributed by atoms with Gasteiger partial charge in [0.1, 0.15) is 5.69 Å². The highest BCUT2D eigenvalue weighted by molar-refractivity contribution is 7.99. The quantitative estimate of drug-likeness (QED) is 0.304. The number of nitrogens with one attached hydrogen (secondary N) is 1. The molecule has 2 aromatic rings. The van der Waals surface area contributed by atoms with E-state index in [4.69, 9.17) is 5.14 Å². The average Bonchev–Trinajstić information content (AvgIpc) is 2.51. The Hall–Kier alpha value is -1.52. The molecule has 0 aliphatic heterocycles.